The summed E-state index contributed by atoms with van der Waals surface area (Å²) < 4.78 is 16.2. The van der Waals surface area contributed by atoms with Gasteiger partial charge < -0.3 is 29.3 Å². The third-order valence-electron chi connectivity index (χ3n) is 5.20. The first kappa shape index (κ1) is 24.6. The van der Waals surface area contributed by atoms with E-state index in [0.717, 1.165) is 10.5 Å². The Labute approximate surface area is 195 Å². The number of benzene rings is 1. The van der Waals surface area contributed by atoms with Crippen molar-refractivity contribution in [2.24, 2.45) is 0 Å². The van der Waals surface area contributed by atoms with E-state index in [0.29, 0.717) is 30.2 Å². The lowest BCUT2D eigenvalue weighted by molar-refractivity contribution is 0.0491. The van der Waals surface area contributed by atoms with E-state index in [2.05, 4.69) is 6.58 Å². The van der Waals surface area contributed by atoms with Crippen LogP contribution in [-0.2, 0) is 4.74 Å². The van der Waals surface area contributed by atoms with Crippen molar-refractivity contribution in [1.82, 2.24) is 4.90 Å². The van der Waals surface area contributed by atoms with Gasteiger partial charge in [0.1, 0.15) is 6.61 Å². The minimum absolute atomic E-state index is 0.0334. The largest absolute Gasteiger partial charge is 0.493 e. The molecule has 32 heavy (non-hydrogen) atoms. The summed E-state index contributed by atoms with van der Waals surface area (Å²) in [7, 11) is 5.89. The number of anilines is 1. The molecule has 1 unspecified atom stereocenters. The standard InChI is InChI=1S/C21H28N2O7S2/c1-12-7-16-20(26)23(21(27)30-11-13(2)32-31-6-5-24)15-9-18(29-4)17(28-3)8-14(15)19(25)22(16)10-12/h8-9,13,16,20,24,26H,1,5-7,10-11H2,2-4H3/t13-,16+,20?/m1/s1. The first-order valence-electron chi connectivity index (χ1n) is 10.1. The number of carbonyl (C=O) groups is 2. The number of rotatable bonds is 8. The second-order valence-electron chi connectivity index (χ2n) is 7.49. The number of fused-ring (bicyclic) bond motifs is 2. The second kappa shape index (κ2) is 10.7. The summed E-state index contributed by atoms with van der Waals surface area (Å²) in [5, 5.41) is 20.0. The molecule has 1 saturated heterocycles. The van der Waals surface area contributed by atoms with Gasteiger partial charge in [-0.05, 0) is 19.4 Å². The van der Waals surface area contributed by atoms with Gasteiger partial charge in [-0.3, -0.25) is 4.79 Å². The van der Waals surface area contributed by atoms with Crippen LogP contribution in [0.25, 0.3) is 0 Å². The monoisotopic (exact) mass is 484 g/mol. The highest BCUT2D eigenvalue weighted by Gasteiger charge is 2.46. The van der Waals surface area contributed by atoms with Crippen LogP contribution in [0.3, 0.4) is 0 Å². The van der Waals surface area contributed by atoms with Crippen molar-refractivity contribution in [3.63, 3.8) is 0 Å². The van der Waals surface area contributed by atoms with Crippen LogP contribution in [0.15, 0.2) is 24.3 Å². The summed E-state index contributed by atoms with van der Waals surface area (Å²) in [5.74, 6) is 0.902. The number of hydrogen-bond donors (Lipinski definition) is 2. The lowest BCUT2D eigenvalue weighted by atomic mass is 10.1. The molecule has 2 aliphatic heterocycles. The smallest absolute Gasteiger partial charge is 0.416 e. The highest BCUT2D eigenvalue weighted by molar-refractivity contribution is 8.76. The van der Waals surface area contributed by atoms with Gasteiger partial charge in [0.15, 0.2) is 17.7 Å². The van der Waals surface area contributed by atoms with Crippen molar-refractivity contribution in [3.05, 3.63) is 29.8 Å². The molecule has 0 bridgehead atoms. The van der Waals surface area contributed by atoms with Gasteiger partial charge in [-0.15, -0.1) is 0 Å². The number of methoxy groups -OCH3 is 2. The van der Waals surface area contributed by atoms with Crippen molar-refractivity contribution in [2.45, 2.75) is 30.9 Å². The third kappa shape index (κ3) is 4.95. The quantitative estimate of drug-likeness (QED) is 0.327. The summed E-state index contributed by atoms with van der Waals surface area (Å²) in [6, 6.07) is 2.37. The second-order valence-corrected chi connectivity index (χ2v) is 10.4. The Morgan fingerprint density at radius 3 is 2.66 bits per heavy atom. The fraction of sp³-hybridized carbons (Fsp3) is 0.524. The van der Waals surface area contributed by atoms with Crippen molar-refractivity contribution >= 4 is 39.3 Å². The van der Waals surface area contributed by atoms with E-state index in [1.807, 2.05) is 6.92 Å². The predicted molar refractivity (Wildman–Crippen MR) is 125 cm³/mol. The van der Waals surface area contributed by atoms with Crippen molar-refractivity contribution < 1.29 is 34.0 Å². The number of aliphatic hydroxyl groups is 2. The van der Waals surface area contributed by atoms with Crippen molar-refractivity contribution in [2.75, 3.05) is 44.6 Å². The number of ether oxygens (including phenoxy) is 3. The Morgan fingerprint density at radius 2 is 2.00 bits per heavy atom. The van der Waals surface area contributed by atoms with E-state index in [1.165, 1.54) is 52.8 Å². The van der Waals surface area contributed by atoms with Crippen LogP contribution in [0.1, 0.15) is 23.7 Å². The fourth-order valence-corrected chi connectivity index (χ4v) is 5.62. The Morgan fingerprint density at radius 1 is 1.31 bits per heavy atom. The molecule has 9 nitrogen and oxygen atoms in total. The number of carbonyl (C=O) groups excluding carboxylic acids is 2. The molecular formula is C21H28N2O7S2. The Hall–Kier alpha value is -2.08. The molecule has 0 radical (unpaired) electrons. The van der Waals surface area contributed by atoms with E-state index in [1.54, 1.807) is 0 Å². The van der Waals surface area contributed by atoms with Crippen LogP contribution in [0.4, 0.5) is 10.5 Å². The van der Waals surface area contributed by atoms with E-state index < -0.39 is 18.4 Å². The van der Waals surface area contributed by atoms with Crippen molar-refractivity contribution in [1.29, 1.82) is 0 Å². The summed E-state index contributed by atoms with van der Waals surface area (Å²) in [6.07, 6.45) is -1.71. The minimum atomic E-state index is -1.32. The molecule has 0 aromatic heterocycles. The molecule has 2 aliphatic rings. The van der Waals surface area contributed by atoms with Gasteiger partial charge in [-0.25, -0.2) is 9.69 Å². The highest BCUT2D eigenvalue weighted by atomic mass is 33.1. The first-order valence-corrected chi connectivity index (χ1v) is 12.5. The fourth-order valence-electron chi connectivity index (χ4n) is 3.72. The zero-order valence-electron chi connectivity index (χ0n) is 18.3. The molecule has 2 amide bonds. The lowest BCUT2D eigenvalue weighted by Gasteiger charge is -2.31. The number of amides is 2. The summed E-state index contributed by atoms with van der Waals surface area (Å²) in [6.45, 7) is 6.32. The summed E-state index contributed by atoms with van der Waals surface area (Å²) >= 11 is 0. The van der Waals surface area contributed by atoms with Crippen LogP contribution in [0, 0.1) is 0 Å². The predicted octanol–water partition coefficient (Wildman–Crippen LogP) is 2.51. The van der Waals surface area contributed by atoms with E-state index in [9.17, 15) is 14.7 Å². The third-order valence-corrected chi connectivity index (χ3v) is 8.04. The molecule has 0 spiro atoms. The summed E-state index contributed by atoms with van der Waals surface area (Å²) in [5.41, 5.74) is 1.20. The van der Waals surface area contributed by atoms with Gasteiger partial charge in [0, 0.05) is 23.6 Å². The molecular weight excluding hydrogens is 456 g/mol. The van der Waals surface area contributed by atoms with Crippen LogP contribution in [0.2, 0.25) is 0 Å². The number of aliphatic hydroxyl groups excluding tert-OH is 2. The van der Waals surface area contributed by atoms with Crippen molar-refractivity contribution in [3.8, 4) is 11.5 Å². The molecule has 2 heterocycles. The van der Waals surface area contributed by atoms with Crippen LogP contribution >= 0.6 is 21.6 Å². The zero-order chi connectivity index (χ0) is 23.4. The van der Waals surface area contributed by atoms with Gasteiger partial charge in [0.2, 0.25) is 0 Å². The molecule has 0 aliphatic carbocycles. The Balaban J connectivity index is 1.94. The lowest BCUT2D eigenvalue weighted by Crippen LogP contribution is -2.51. The van der Waals surface area contributed by atoms with Gasteiger partial charge in [0.05, 0.1) is 38.1 Å². The minimum Gasteiger partial charge on any atom is -0.493 e. The van der Waals surface area contributed by atoms with Gasteiger partial charge in [0.25, 0.3) is 5.91 Å². The zero-order valence-corrected chi connectivity index (χ0v) is 19.9. The van der Waals surface area contributed by atoms with E-state index in [4.69, 9.17) is 19.3 Å². The highest BCUT2D eigenvalue weighted by Crippen LogP contribution is 2.41. The van der Waals surface area contributed by atoms with E-state index >= 15 is 0 Å². The van der Waals surface area contributed by atoms with Gasteiger partial charge in [-0.1, -0.05) is 33.7 Å². The Kier molecular flexibility index (Phi) is 8.21. The normalized spacial score (nSPS) is 21.0. The molecule has 2 N–H and O–H groups in total. The molecule has 11 heteroatoms. The topological polar surface area (TPSA) is 109 Å². The van der Waals surface area contributed by atoms with Gasteiger partial charge in [-0.2, -0.15) is 0 Å². The van der Waals surface area contributed by atoms with Crippen LogP contribution in [-0.4, -0.2) is 84.4 Å². The number of nitrogens with zero attached hydrogens (tertiary/aromatic N) is 2. The molecule has 176 valence electrons. The summed E-state index contributed by atoms with van der Waals surface area (Å²) in [4.78, 5) is 29.1. The van der Waals surface area contributed by atoms with Gasteiger partial charge >= 0.3 is 6.09 Å². The molecule has 3 atom stereocenters. The molecule has 0 saturated carbocycles. The molecule has 1 aromatic rings. The molecule has 1 fully saturated rings. The SMILES string of the molecule is C=C1C[C@H]2C(O)N(C(=O)OC[C@@H](C)SSCCO)c3cc(OC)c(OC)cc3C(=O)N2C1. The van der Waals surface area contributed by atoms with Crippen LogP contribution in [0.5, 0.6) is 11.5 Å². The Bertz CT molecular complexity index is 882. The maximum Gasteiger partial charge on any atom is 0.416 e. The first-order chi connectivity index (χ1) is 15.3. The number of hydrogen-bond acceptors (Lipinski definition) is 9. The molecule has 3 rings (SSSR count). The maximum absolute atomic E-state index is 13.3. The maximum atomic E-state index is 13.3. The molecule has 1 aromatic carbocycles. The average Bonchev–Trinajstić information content (AvgIpc) is 3.15. The average molecular weight is 485 g/mol. The van der Waals surface area contributed by atoms with E-state index in [-0.39, 0.29) is 35.6 Å². The van der Waals surface area contributed by atoms with Crippen LogP contribution < -0.4 is 14.4 Å².